The van der Waals surface area contributed by atoms with Gasteiger partial charge in [-0.1, -0.05) is 61.7 Å². The zero-order valence-electron chi connectivity index (χ0n) is 13.5. The second-order valence-electron chi connectivity index (χ2n) is 5.02. The number of halogens is 3. The first-order valence-corrected chi connectivity index (χ1v) is 7.27. The van der Waals surface area contributed by atoms with Crippen molar-refractivity contribution in [2.75, 3.05) is 13.2 Å². The van der Waals surface area contributed by atoms with Crippen LogP contribution in [0.3, 0.4) is 0 Å². The summed E-state index contributed by atoms with van der Waals surface area (Å²) in [6, 6.07) is 8.72. The quantitative estimate of drug-likeness (QED) is 0.429. The van der Waals surface area contributed by atoms with Gasteiger partial charge >= 0.3 is 18.1 Å². The fraction of sp³-hybridized carbons (Fsp3) is 0.222. The van der Waals surface area contributed by atoms with Gasteiger partial charge in [-0.3, -0.25) is 4.79 Å². The van der Waals surface area contributed by atoms with Gasteiger partial charge in [-0.15, -0.1) is 0 Å². The Hall–Kier alpha value is -2.83. The summed E-state index contributed by atoms with van der Waals surface area (Å²) in [5.41, 5.74) is 1.28. The van der Waals surface area contributed by atoms with E-state index in [0.29, 0.717) is 11.1 Å². The van der Waals surface area contributed by atoms with Gasteiger partial charge in [-0.25, -0.2) is 4.79 Å². The SMILES string of the molecule is C=C/C=C(\C=C)CN(Cc1ccccc1)C(=O)C(=O)OCC(F)(F)F. The van der Waals surface area contributed by atoms with Crippen molar-refractivity contribution < 1.29 is 27.5 Å². The minimum Gasteiger partial charge on any atom is -0.449 e. The molecule has 4 nitrogen and oxygen atoms in total. The van der Waals surface area contributed by atoms with Crippen molar-refractivity contribution in [1.82, 2.24) is 4.90 Å². The molecule has 0 saturated carbocycles. The first kappa shape index (κ1) is 20.2. The molecule has 0 heterocycles. The molecule has 0 N–H and O–H groups in total. The number of rotatable bonds is 7. The summed E-state index contributed by atoms with van der Waals surface area (Å²) < 4.78 is 40.5. The van der Waals surface area contributed by atoms with Gasteiger partial charge in [0, 0.05) is 13.1 Å². The number of alkyl halides is 3. The van der Waals surface area contributed by atoms with Crippen LogP contribution in [0.25, 0.3) is 0 Å². The van der Waals surface area contributed by atoms with E-state index in [1.165, 1.54) is 12.2 Å². The number of amides is 1. The van der Waals surface area contributed by atoms with Crippen molar-refractivity contribution in [3.05, 3.63) is 72.9 Å². The van der Waals surface area contributed by atoms with E-state index in [-0.39, 0.29) is 13.1 Å². The lowest BCUT2D eigenvalue weighted by molar-refractivity contribution is -0.189. The fourth-order valence-corrected chi connectivity index (χ4v) is 1.90. The molecule has 0 saturated heterocycles. The van der Waals surface area contributed by atoms with Crippen LogP contribution in [0.15, 0.2) is 67.3 Å². The summed E-state index contributed by atoms with van der Waals surface area (Å²) in [6.45, 7) is 5.32. The van der Waals surface area contributed by atoms with Gasteiger partial charge in [-0.2, -0.15) is 13.2 Å². The molecule has 0 aliphatic rings. The van der Waals surface area contributed by atoms with Crippen LogP contribution >= 0.6 is 0 Å². The molecular weight excluding hydrogens is 335 g/mol. The predicted molar refractivity (Wildman–Crippen MR) is 87.4 cm³/mol. The topological polar surface area (TPSA) is 46.6 Å². The van der Waals surface area contributed by atoms with E-state index in [1.807, 2.05) is 0 Å². The monoisotopic (exact) mass is 353 g/mol. The molecule has 0 radical (unpaired) electrons. The Balaban J connectivity index is 2.93. The fourth-order valence-electron chi connectivity index (χ4n) is 1.90. The number of benzene rings is 1. The van der Waals surface area contributed by atoms with Gasteiger partial charge in [-0.05, 0) is 11.1 Å². The Kier molecular flexibility index (Phi) is 7.65. The van der Waals surface area contributed by atoms with Gasteiger partial charge in [0.15, 0.2) is 6.61 Å². The highest BCUT2D eigenvalue weighted by atomic mass is 19.4. The molecule has 7 heteroatoms. The second kappa shape index (κ2) is 9.46. The lowest BCUT2D eigenvalue weighted by Crippen LogP contribution is -2.39. The van der Waals surface area contributed by atoms with Gasteiger partial charge in [0.2, 0.25) is 0 Å². The summed E-state index contributed by atoms with van der Waals surface area (Å²) in [4.78, 5) is 25.0. The highest BCUT2D eigenvalue weighted by Gasteiger charge is 2.32. The molecule has 0 atom stereocenters. The number of hydrogen-bond acceptors (Lipinski definition) is 3. The number of ether oxygens (including phenoxy) is 1. The van der Waals surface area contributed by atoms with Crippen molar-refractivity contribution in [3.8, 4) is 0 Å². The maximum atomic E-state index is 12.2. The van der Waals surface area contributed by atoms with Gasteiger partial charge in [0.1, 0.15) is 0 Å². The molecule has 0 bridgehead atoms. The normalized spacial score (nSPS) is 11.6. The maximum Gasteiger partial charge on any atom is 0.422 e. The summed E-state index contributed by atoms with van der Waals surface area (Å²) in [7, 11) is 0. The minimum atomic E-state index is -4.70. The highest BCUT2D eigenvalue weighted by Crippen LogP contribution is 2.15. The molecule has 25 heavy (non-hydrogen) atoms. The zero-order chi connectivity index (χ0) is 18.9. The maximum absolute atomic E-state index is 12.2. The molecule has 1 aromatic carbocycles. The van der Waals surface area contributed by atoms with Crippen LogP contribution in [-0.4, -0.2) is 36.1 Å². The van der Waals surface area contributed by atoms with Crippen LogP contribution in [-0.2, 0) is 20.9 Å². The molecule has 0 aliphatic heterocycles. The van der Waals surface area contributed by atoms with Gasteiger partial charge in [0.25, 0.3) is 0 Å². The molecule has 0 aliphatic carbocycles. The minimum absolute atomic E-state index is 0.0234. The third-order valence-corrected chi connectivity index (χ3v) is 3.01. The van der Waals surface area contributed by atoms with E-state index < -0.39 is 24.7 Å². The third kappa shape index (κ3) is 7.52. The van der Waals surface area contributed by atoms with Crippen molar-refractivity contribution >= 4 is 11.9 Å². The van der Waals surface area contributed by atoms with Crippen LogP contribution in [0, 0.1) is 0 Å². The highest BCUT2D eigenvalue weighted by molar-refractivity contribution is 6.32. The Labute approximate surface area is 143 Å². The molecule has 0 unspecified atom stereocenters. The number of allylic oxidation sites excluding steroid dienone is 2. The number of esters is 1. The Bertz CT molecular complexity index is 651. The van der Waals surface area contributed by atoms with E-state index in [4.69, 9.17) is 0 Å². The van der Waals surface area contributed by atoms with Crippen LogP contribution in [0.2, 0.25) is 0 Å². The molecular formula is C18H18F3NO3. The summed E-state index contributed by atoms with van der Waals surface area (Å²) in [6.07, 6.45) is -0.174. The van der Waals surface area contributed by atoms with Crippen LogP contribution < -0.4 is 0 Å². The van der Waals surface area contributed by atoms with Crippen molar-refractivity contribution in [3.63, 3.8) is 0 Å². The Morgan fingerprint density at radius 2 is 1.80 bits per heavy atom. The number of carbonyl (C=O) groups is 2. The molecule has 134 valence electrons. The van der Waals surface area contributed by atoms with Crippen molar-refractivity contribution in [2.24, 2.45) is 0 Å². The van der Waals surface area contributed by atoms with Crippen molar-refractivity contribution in [1.29, 1.82) is 0 Å². The zero-order valence-corrected chi connectivity index (χ0v) is 13.5. The number of carbonyl (C=O) groups excluding carboxylic acids is 2. The molecule has 0 aromatic heterocycles. The Morgan fingerprint density at radius 3 is 2.32 bits per heavy atom. The Morgan fingerprint density at radius 1 is 1.16 bits per heavy atom. The molecule has 0 fully saturated rings. The lowest BCUT2D eigenvalue weighted by Gasteiger charge is -2.22. The largest absolute Gasteiger partial charge is 0.449 e. The average Bonchev–Trinajstić information content (AvgIpc) is 2.58. The van der Waals surface area contributed by atoms with E-state index >= 15 is 0 Å². The van der Waals surface area contributed by atoms with Gasteiger partial charge in [0.05, 0.1) is 0 Å². The van der Waals surface area contributed by atoms with Crippen LogP contribution in [0.5, 0.6) is 0 Å². The average molecular weight is 353 g/mol. The molecule has 1 aromatic rings. The summed E-state index contributed by atoms with van der Waals surface area (Å²) in [5, 5.41) is 0. The standard InChI is InChI=1S/C18H18F3NO3/c1-3-8-14(4-2)11-22(12-15-9-6-5-7-10-15)16(23)17(24)25-13-18(19,20)21/h3-10H,1-2,11-13H2/b14-8+. The molecule has 1 rings (SSSR count). The van der Waals surface area contributed by atoms with E-state index in [9.17, 15) is 22.8 Å². The van der Waals surface area contributed by atoms with Crippen molar-refractivity contribution in [2.45, 2.75) is 12.7 Å². The number of nitrogens with zero attached hydrogens (tertiary/aromatic N) is 1. The van der Waals surface area contributed by atoms with Crippen LogP contribution in [0.1, 0.15) is 5.56 Å². The second-order valence-corrected chi connectivity index (χ2v) is 5.02. The predicted octanol–water partition coefficient (Wildman–Crippen LogP) is 3.42. The van der Waals surface area contributed by atoms with Gasteiger partial charge < -0.3 is 9.64 Å². The first-order valence-electron chi connectivity index (χ1n) is 7.27. The van der Waals surface area contributed by atoms with Crippen LogP contribution in [0.4, 0.5) is 13.2 Å². The van der Waals surface area contributed by atoms with E-state index in [1.54, 1.807) is 36.4 Å². The summed E-state index contributed by atoms with van der Waals surface area (Å²) >= 11 is 0. The lowest BCUT2D eigenvalue weighted by atomic mass is 10.1. The van der Waals surface area contributed by atoms with E-state index in [2.05, 4.69) is 17.9 Å². The smallest absolute Gasteiger partial charge is 0.422 e. The summed E-state index contributed by atoms with van der Waals surface area (Å²) in [5.74, 6) is -2.72. The third-order valence-electron chi connectivity index (χ3n) is 3.01. The number of hydrogen-bond donors (Lipinski definition) is 0. The molecule has 1 amide bonds. The van der Waals surface area contributed by atoms with E-state index in [0.717, 1.165) is 4.90 Å². The first-order chi connectivity index (χ1) is 11.8. The molecule has 0 spiro atoms.